The molecule has 0 atom stereocenters. The van der Waals surface area contributed by atoms with E-state index in [9.17, 15) is 30.6 Å². The summed E-state index contributed by atoms with van der Waals surface area (Å²) in [6, 6.07) is 14.0. The van der Waals surface area contributed by atoms with Gasteiger partial charge in [0.1, 0.15) is 11.5 Å². The summed E-state index contributed by atoms with van der Waals surface area (Å²) >= 11 is 0. The molecule has 0 aliphatic heterocycles. The lowest BCUT2D eigenvalue weighted by Crippen LogP contribution is -2.25. The number of benzene rings is 3. The number of phenols is 2. The molecular weight excluding hydrogens is 432 g/mol. The molecule has 0 bridgehead atoms. The summed E-state index contributed by atoms with van der Waals surface area (Å²) in [5.74, 6) is -0.00367. The van der Waals surface area contributed by atoms with E-state index in [1.165, 1.54) is 24.3 Å². The van der Waals surface area contributed by atoms with Crippen molar-refractivity contribution in [3.8, 4) is 11.5 Å². The number of phenolic OH excluding ortho intramolecular Hbond substituents is 2. The van der Waals surface area contributed by atoms with E-state index in [0.717, 1.165) is 22.3 Å². The van der Waals surface area contributed by atoms with Crippen molar-refractivity contribution in [1.82, 2.24) is 0 Å². The first-order chi connectivity index (χ1) is 16.0. The van der Waals surface area contributed by atoms with E-state index in [-0.39, 0.29) is 37.9 Å². The second-order valence-electron chi connectivity index (χ2n) is 9.74. The first kappa shape index (κ1) is 25.7. The topological polar surface area (TPSA) is 121 Å². The highest BCUT2D eigenvalue weighted by Crippen LogP contribution is 2.41. The van der Waals surface area contributed by atoms with Gasteiger partial charge in [0.2, 0.25) is 0 Å². The number of aliphatic hydroxyl groups excluding tert-OH is 4. The summed E-state index contributed by atoms with van der Waals surface area (Å²) < 4.78 is 0. The molecule has 0 fully saturated rings. The SMILES string of the molecule is CC(C)(c1ccc(C(C)(C)c2c(CO)cc(O)cc2CO)cc1)c1c(CO)cc(O)cc1CO. The molecule has 0 radical (unpaired) electrons. The maximum Gasteiger partial charge on any atom is 0.116 e. The minimum atomic E-state index is -0.572. The summed E-state index contributed by atoms with van der Waals surface area (Å²) in [4.78, 5) is 0. The minimum Gasteiger partial charge on any atom is -0.508 e. The fourth-order valence-electron chi connectivity index (χ4n) is 5.20. The molecule has 3 aromatic rings. The van der Waals surface area contributed by atoms with Crippen LogP contribution in [0.2, 0.25) is 0 Å². The van der Waals surface area contributed by atoms with Gasteiger partial charge in [-0.25, -0.2) is 0 Å². The molecule has 0 aromatic heterocycles. The Balaban J connectivity index is 2.10. The number of hydrogen-bond acceptors (Lipinski definition) is 6. The van der Waals surface area contributed by atoms with E-state index < -0.39 is 10.8 Å². The van der Waals surface area contributed by atoms with Gasteiger partial charge in [0.05, 0.1) is 26.4 Å². The van der Waals surface area contributed by atoms with Crippen LogP contribution in [0.25, 0.3) is 0 Å². The van der Waals surface area contributed by atoms with Crippen molar-refractivity contribution in [2.75, 3.05) is 0 Å². The predicted molar refractivity (Wildman–Crippen MR) is 131 cm³/mol. The molecule has 6 N–H and O–H groups in total. The lowest BCUT2D eigenvalue weighted by molar-refractivity contribution is 0.268. The number of aliphatic hydroxyl groups is 4. The summed E-state index contributed by atoms with van der Waals surface area (Å²) in [6.07, 6.45) is 0. The van der Waals surface area contributed by atoms with Crippen molar-refractivity contribution >= 4 is 0 Å². The molecule has 182 valence electrons. The van der Waals surface area contributed by atoms with Crippen molar-refractivity contribution in [1.29, 1.82) is 0 Å². The highest BCUT2D eigenvalue weighted by Gasteiger charge is 2.32. The summed E-state index contributed by atoms with van der Waals surface area (Å²) in [6.45, 7) is 6.97. The average Bonchev–Trinajstić information content (AvgIpc) is 2.82. The summed E-state index contributed by atoms with van der Waals surface area (Å²) in [7, 11) is 0. The Labute approximate surface area is 200 Å². The third kappa shape index (κ3) is 4.55. The molecular formula is C28H34O6. The monoisotopic (exact) mass is 466 g/mol. The quantitative estimate of drug-likeness (QED) is 0.301. The second kappa shape index (κ2) is 9.76. The summed E-state index contributed by atoms with van der Waals surface area (Å²) in [5, 5.41) is 59.6. The third-order valence-corrected chi connectivity index (χ3v) is 6.83. The van der Waals surface area contributed by atoms with Crippen molar-refractivity contribution in [2.24, 2.45) is 0 Å². The van der Waals surface area contributed by atoms with E-state index in [2.05, 4.69) is 0 Å². The first-order valence-corrected chi connectivity index (χ1v) is 11.3. The molecule has 0 saturated heterocycles. The van der Waals surface area contributed by atoms with Gasteiger partial charge in [0.25, 0.3) is 0 Å². The van der Waals surface area contributed by atoms with E-state index in [1.54, 1.807) is 0 Å². The van der Waals surface area contributed by atoms with Gasteiger partial charge in [0.15, 0.2) is 0 Å². The molecule has 3 rings (SSSR count). The molecule has 34 heavy (non-hydrogen) atoms. The second-order valence-corrected chi connectivity index (χ2v) is 9.74. The van der Waals surface area contributed by atoms with Gasteiger partial charge >= 0.3 is 0 Å². The maximum absolute atomic E-state index is 9.98. The molecule has 6 heteroatoms. The van der Waals surface area contributed by atoms with Gasteiger partial charge in [-0.1, -0.05) is 52.0 Å². The van der Waals surface area contributed by atoms with Crippen LogP contribution in [0.15, 0.2) is 48.5 Å². The van der Waals surface area contributed by atoms with Gasteiger partial charge in [-0.3, -0.25) is 0 Å². The normalized spacial score (nSPS) is 12.2. The van der Waals surface area contributed by atoms with E-state index in [4.69, 9.17) is 0 Å². The van der Waals surface area contributed by atoms with Crippen LogP contribution in [0.5, 0.6) is 11.5 Å². The molecule has 0 unspecified atom stereocenters. The Morgan fingerprint density at radius 3 is 0.941 bits per heavy atom. The molecule has 0 spiro atoms. The highest BCUT2D eigenvalue weighted by atomic mass is 16.3. The zero-order valence-electron chi connectivity index (χ0n) is 20.1. The first-order valence-electron chi connectivity index (χ1n) is 11.3. The Hall–Kier alpha value is -2.90. The zero-order valence-corrected chi connectivity index (χ0v) is 20.1. The number of aromatic hydroxyl groups is 2. The van der Waals surface area contributed by atoms with Crippen molar-refractivity contribution < 1.29 is 30.6 Å². The molecule has 3 aromatic carbocycles. The van der Waals surface area contributed by atoms with Gasteiger partial charge in [0, 0.05) is 10.8 Å². The van der Waals surface area contributed by atoms with Gasteiger partial charge in [-0.2, -0.15) is 0 Å². The smallest absolute Gasteiger partial charge is 0.116 e. The maximum atomic E-state index is 9.98. The molecule has 6 nitrogen and oxygen atoms in total. The largest absolute Gasteiger partial charge is 0.508 e. The zero-order chi connectivity index (χ0) is 25.3. The highest BCUT2D eigenvalue weighted by molar-refractivity contribution is 5.53. The van der Waals surface area contributed by atoms with Gasteiger partial charge in [-0.05, 0) is 68.8 Å². The van der Waals surface area contributed by atoms with Crippen molar-refractivity contribution in [3.63, 3.8) is 0 Å². The van der Waals surface area contributed by atoms with Crippen LogP contribution >= 0.6 is 0 Å². The van der Waals surface area contributed by atoms with Crippen molar-refractivity contribution in [2.45, 2.75) is 65.0 Å². The van der Waals surface area contributed by atoms with E-state index in [1.807, 2.05) is 52.0 Å². The molecule has 0 aliphatic rings. The molecule has 0 aliphatic carbocycles. The van der Waals surface area contributed by atoms with Crippen LogP contribution in [-0.4, -0.2) is 30.6 Å². The number of hydrogen-bond donors (Lipinski definition) is 6. The lowest BCUT2D eigenvalue weighted by Gasteiger charge is -2.33. The van der Waals surface area contributed by atoms with Crippen LogP contribution in [0.4, 0.5) is 0 Å². The van der Waals surface area contributed by atoms with Gasteiger partial charge < -0.3 is 30.6 Å². The molecule has 0 heterocycles. The standard InChI is InChI=1S/C28H34O6/c1-27(2,25-17(13-29)9-23(33)10-18(25)14-30)21-5-7-22(8-6-21)28(3,4)26-19(15-31)11-24(34)12-20(26)16-32/h5-12,29-34H,13-16H2,1-4H3. The Kier molecular flexibility index (Phi) is 7.38. The van der Waals surface area contributed by atoms with Crippen molar-refractivity contribution in [3.05, 3.63) is 93.0 Å². The average molecular weight is 467 g/mol. The molecule has 0 amide bonds. The van der Waals surface area contributed by atoms with E-state index in [0.29, 0.717) is 22.3 Å². The Morgan fingerprint density at radius 1 is 0.500 bits per heavy atom. The predicted octanol–water partition coefficient (Wildman–Crippen LogP) is 3.72. The van der Waals surface area contributed by atoms with Crippen LogP contribution in [0.1, 0.15) is 72.2 Å². The van der Waals surface area contributed by atoms with Gasteiger partial charge in [-0.15, -0.1) is 0 Å². The number of rotatable bonds is 8. The van der Waals surface area contributed by atoms with Crippen LogP contribution < -0.4 is 0 Å². The fourth-order valence-corrected chi connectivity index (χ4v) is 5.20. The lowest BCUT2D eigenvalue weighted by atomic mass is 9.71. The summed E-state index contributed by atoms with van der Waals surface area (Å²) in [5.41, 5.74) is 4.54. The Bertz CT molecular complexity index is 1020. The van der Waals surface area contributed by atoms with Crippen LogP contribution in [0.3, 0.4) is 0 Å². The van der Waals surface area contributed by atoms with Crippen LogP contribution in [0, 0.1) is 0 Å². The molecule has 0 saturated carbocycles. The van der Waals surface area contributed by atoms with Crippen LogP contribution in [-0.2, 0) is 37.3 Å². The minimum absolute atomic E-state index is 0.00183. The Morgan fingerprint density at radius 2 is 0.735 bits per heavy atom. The van der Waals surface area contributed by atoms with E-state index >= 15 is 0 Å². The fraction of sp³-hybridized carbons (Fsp3) is 0.357. The third-order valence-electron chi connectivity index (χ3n) is 6.83.